The van der Waals surface area contributed by atoms with Gasteiger partial charge in [0.05, 0.1) is 23.4 Å². The van der Waals surface area contributed by atoms with Crippen molar-refractivity contribution in [2.24, 2.45) is 0 Å². The molecular formula is C17H19ClN2O3. The molecule has 0 aliphatic rings. The number of carbonyl (C=O) groups is 1. The number of hydrogen-bond donors (Lipinski definition) is 1. The van der Waals surface area contributed by atoms with Crippen molar-refractivity contribution in [3.8, 4) is 11.5 Å². The molecule has 1 aromatic heterocycles. The van der Waals surface area contributed by atoms with Gasteiger partial charge in [0.2, 0.25) is 0 Å². The molecule has 0 unspecified atom stereocenters. The number of benzene rings is 1. The Hall–Kier alpha value is -2.27. The van der Waals surface area contributed by atoms with Crippen LogP contribution in [0.1, 0.15) is 34.2 Å². The van der Waals surface area contributed by atoms with Gasteiger partial charge in [-0.05, 0) is 44.5 Å². The highest BCUT2D eigenvalue weighted by molar-refractivity contribution is 6.32. The lowest BCUT2D eigenvalue weighted by molar-refractivity contribution is 0.104. The zero-order valence-corrected chi connectivity index (χ0v) is 14.3. The van der Waals surface area contributed by atoms with Crippen LogP contribution in [0, 0.1) is 13.8 Å². The number of aryl methyl sites for hydroxylation is 2. The van der Waals surface area contributed by atoms with E-state index in [-0.39, 0.29) is 22.3 Å². The molecule has 0 saturated heterocycles. The molecule has 0 spiro atoms. The Balaban J connectivity index is 2.32. The normalized spacial score (nSPS) is 11.2. The van der Waals surface area contributed by atoms with E-state index in [2.05, 4.69) is 5.10 Å². The van der Waals surface area contributed by atoms with Crippen LogP contribution in [0.15, 0.2) is 18.2 Å². The van der Waals surface area contributed by atoms with Crippen molar-refractivity contribution in [3.63, 3.8) is 0 Å². The predicted octanol–water partition coefficient (Wildman–Crippen LogP) is 3.78. The Morgan fingerprint density at radius 1 is 1.43 bits per heavy atom. The quantitative estimate of drug-likeness (QED) is 0.667. The Bertz CT molecular complexity index is 779. The number of phenols is 1. The fourth-order valence-electron chi connectivity index (χ4n) is 2.46. The summed E-state index contributed by atoms with van der Waals surface area (Å²) in [6.45, 7) is 6.40. The van der Waals surface area contributed by atoms with Gasteiger partial charge in [0.25, 0.3) is 0 Å². The number of allylic oxidation sites excluding steroid dienone is 1. The van der Waals surface area contributed by atoms with Crippen LogP contribution in [0.5, 0.6) is 11.5 Å². The molecule has 0 atom stereocenters. The number of hydrogen-bond acceptors (Lipinski definition) is 4. The summed E-state index contributed by atoms with van der Waals surface area (Å²) in [5.74, 6) is 0.0205. The number of carbonyl (C=O) groups excluding carboxylic acids is 1. The maximum atomic E-state index is 12.4. The summed E-state index contributed by atoms with van der Waals surface area (Å²) >= 11 is 5.94. The molecule has 23 heavy (non-hydrogen) atoms. The van der Waals surface area contributed by atoms with Crippen LogP contribution in [-0.4, -0.2) is 27.8 Å². The molecule has 2 aromatic rings. The van der Waals surface area contributed by atoms with Gasteiger partial charge in [-0.25, -0.2) is 0 Å². The number of ketones is 1. The summed E-state index contributed by atoms with van der Waals surface area (Å²) in [7, 11) is 1.44. The molecule has 0 saturated carbocycles. The van der Waals surface area contributed by atoms with E-state index in [1.54, 1.807) is 22.9 Å². The summed E-state index contributed by atoms with van der Waals surface area (Å²) in [5.41, 5.74) is 2.83. The van der Waals surface area contributed by atoms with Gasteiger partial charge in [-0.3, -0.25) is 9.48 Å². The van der Waals surface area contributed by atoms with Crippen LogP contribution in [0.2, 0.25) is 5.02 Å². The summed E-state index contributed by atoms with van der Waals surface area (Å²) < 4.78 is 6.85. The predicted molar refractivity (Wildman–Crippen MR) is 90.4 cm³/mol. The third-order valence-electron chi connectivity index (χ3n) is 3.63. The fourth-order valence-corrected chi connectivity index (χ4v) is 2.68. The van der Waals surface area contributed by atoms with Crippen molar-refractivity contribution >= 4 is 23.5 Å². The Labute approximate surface area is 140 Å². The van der Waals surface area contributed by atoms with Gasteiger partial charge in [0, 0.05) is 12.2 Å². The first-order valence-electron chi connectivity index (χ1n) is 7.22. The topological polar surface area (TPSA) is 64.4 Å². The van der Waals surface area contributed by atoms with Crippen LogP contribution in [0.4, 0.5) is 0 Å². The molecule has 1 aromatic carbocycles. The number of phenolic OH excluding ortho intramolecular Hbond substituents is 1. The van der Waals surface area contributed by atoms with E-state index in [0.29, 0.717) is 23.4 Å². The highest BCUT2D eigenvalue weighted by Crippen LogP contribution is 2.35. The molecule has 1 heterocycles. The minimum atomic E-state index is -0.122. The molecule has 1 N–H and O–H groups in total. The molecule has 2 rings (SSSR count). The van der Waals surface area contributed by atoms with E-state index < -0.39 is 0 Å². The van der Waals surface area contributed by atoms with Crippen LogP contribution in [0.25, 0.3) is 6.08 Å². The molecule has 5 nitrogen and oxygen atoms in total. The number of ether oxygens (including phenoxy) is 1. The lowest BCUT2D eigenvalue weighted by Crippen LogP contribution is -2.01. The van der Waals surface area contributed by atoms with Crippen molar-refractivity contribution in [1.82, 2.24) is 9.78 Å². The van der Waals surface area contributed by atoms with Gasteiger partial charge in [0.15, 0.2) is 17.3 Å². The molecule has 0 radical (unpaired) electrons. The largest absolute Gasteiger partial charge is 0.503 e. The average molecular weight is 335 g/mol. The SMILES string of the molecule is CCn1nc(C)c(C(=O)/C=C\c2cc(Cl)c(O)c(OC)c2)c1C. The number of methoxy groups -OCH3 is 1. The third kappa shape index (κ3) is 3.40. The van der Waals surface area contributed by atoms with Gasteiger partial charge < -0.3 is 9.84 Å². The fraction of sp³-hybridized carbons (Fsp3) is 0.294. The molecular weight excluding hydrogens is 316 g/mol. The molecule has 6 heteroatoms. The third-order valence-corrected chi connectivity index (χ3v) is 3.91. The maximum Gasteiger partial charge on any atom is 0.189 e. The van der Waals surface area contributed by atoms with Crippen LogP contribution in [-0.2, 0) is 6.54 Å². The first-order valence-corrected chi connectivity index (χ1v) is 7.59. The summed E-state index contributed by atoms with van der Waals surface area (Å²) in [4.78, 5) is 12.4. The molecule has 0 aliphatic carbocycles. The molecule has 0 amide bonds. The first kappa shape index (κ1) is 17.1. The molecule has 122 valence electrons. The van der Waals surface area contributed by atoms with Crippen molar-refractivity contribution in [1.29, 1.82) is 0 Å². The number of aromatic hydroxyl groups is 1. The Kier molecular flexibility index (Phi) is 5.11. The summed E-state index contributed by atoms with van der Waals surface area (Å²) in [6.07, 6.45) is 3.11. The second-order valence-electron chi connectivity index (χ2n) is 5.11. The van der Waals surface area contributed by atoms with E-state index in [0.717, 1.165) is 5.69 Å². The van der Waals surface area contributed by atoms with E-state index in [9.17, 15) is 9.90 Å². The standard InChI is InChI=1S/C17H19ClN2O3/c1-5-20-11(3)16(10(2)19-20)14(21)7-6-12-8-13(18)17(22)15(9-12)23-4/h6-9,22H,5H2,1-4H3/b7-6-. The first-order chi connectivity index (χ1) is 10.9. The number of halogens is 1. The second kappa shape index (κ2) is 6.87. The van der Waals surface area contributed by atoms with Gasteiger partial charge >= 0.3 is 0 Å². The highest BCUT2D eigenvalue weighted by Gasteiger charge is 2.16. The summed E-state index contributed by atoms with van der Waals surface area (Å²) in [5, 5.41) is 14.2. The van der Waals surface area contributed by atoms with Crippen molar-refractivity contribution in [2.75, 3.05) is 7.11 Å². The van der Waals surface area contributed by atoms with E-state index in [1.807, 2.05) is 20.8 Å². The van der Waals surface area contributed by atoms with Crippen LogP contribution < -0.4 is 4.74 Å². The zero-order chi connectivity index (χ0) is 17.1. The van der Waals surface area contributed by atoms with E-state index in [1.165, 1.54) is 13.2 Å². The maximum absolute atomic E-state index is 12.4. The number of aromatic nitrogens is 2. The smallest absolute Gasteiger partial charge is 0.189 e. The monoisotopic (exact) mass is 334 g/mol. The molecule has 0 aliphatic heterocycles. The van der Waals surface area contributed by atoms with E-state index in [4.69, 9.17) is 16.3 Å². The minimum absolute atomic E-state index is 0.117. The van der Waals surface area contributed by atoms with Gasteiger partial charge in [0.1, 0.15) is 0 Å². The van der Waals surface area contributed by atoms with E-state index >= 15 is 0 Å². The second-order valence-corrected chi connectivity index (χ2v) is 5.52. The highest BCUT2D eigenvalue weighted by atomic mass is 35.5. The molecule has 0 bridgehead atoms. The van der Waals surface area contributed by atoms with Gasteiger partial charge in [-0.1, -0.05) is 17.7 Å². The van der Waals surface area contributed by atoms with Gasteiger partial charge in [-0.2, -0.15) is 5.10 Å². The van der Waals surface area contributed by atoms with Crippen molar-refractivity contribution in [3.05, 3.63) is 45.7 Å². The Morgan fingerprint density at radius 2 is 2.13 bits per heavy atom. The average Bonchev–Trinajstić information content (AvgIpc) is 2.82. The lowest BCUT2D eigenvalue weighted by Gasteiger charge is -2.06. The minimum Gasteiger partial charge on any atom is -0.503 e. The zero-order valence-electron chi connectivity index (χ0n) is 13.6. The summed E-state index contributed by atoms with van der Waals surface area (Å²) in [6, 6.07) is 3.18. The number of rotatable bonds is 5. The van der Waals surface area contributed by atoms with Crippen molar-refractivity contribution in [2.45, 2.75) is 27.3 Å². The molecule has 0 fully saturated rings. The van der Waals surface area contributed by atoms with Gasteiger partial charge in [-0.15, -0.1) is 0 Å². The van der Waals surface area contributed by atoms with Crippen LogP contribution >= 0.6 is 11.6 Å². The van der Waals surface area contributed by atoms with Crippen molar-refractivity contribution < 1.29 is 14.6 Å². The number of nitrogens with zero attached hydrogens (tertiary/aromatic N) is 2. The Morgan fingerprint density at radius 3 is 2.70 bits per heavy atom. The lowest BCUT2D eigenvalue weighted by atomic mass is 10.1. The van der Waals surface area contributed by atoms with Crippen LogP contribution in [0.3, 0.4) is 0 Å².